The quantitative estimate of drug-likeness (QED) is 0.487. The van der Waals surface area contributed by atoms with Gasteiger partial charge in [-0.3, -0.25) is 14.6 Å². The second-order valence-corrected chi connectivity index (χ2v) is 7.57. The van der Waals surface area contributed by atoms with E-state index in [4.69, 9.17) is 4.74 Å². The monoisotopic (exact) mass is 428 g/mol. The lowest BCUT2D eigenvalue weighted by molar-refractivity contribution is 0.0738. The first-order chi connectivity index (χ1) is 15.5. The number of aromatic nitrogens is 3. The lowest BCUT2D eigenvalue weighted by Gasteiger charge is -2.23. The molecule has 0 saturated carbocycles. The molecular weight excluding hydrogens is 404 g/mol. The molecule has 1 amide bonds. The van der Waals surface area contributed by atoms with Gasteiger partial charge in [-0.15, -0.1) is 0 Å². The molecule has 4 aromatic rings. The summed E-state index contributed by atoms with van der Waals surface area (Å²) >= 11 is 0. The lowest BCUT2D eigenvalue weighted by atomic mass is 10.1. The summed E-state index contributed by atoms with van der Waals surface area (Å²) in [6, 6.07) is 15.3. The summed E-state index contributed by atoms with van der Waals surface area (Å²) in [5.41, 5.74) is 3.54. The van der Waals surface area contributed by atoms with Crippen molar-refractivity contribution in [1.82, 2.24) is 19.9 Å². The fourth-order valence-corrected chi connectivity index (χ4v) is 3.65. The molecule has 0 fully saturated rings. The molecule has 0 aliphatic carbocycles. The van der Waals surface area contributed by atoms with Crippen LogP contribution >= 0.6 is 0 Å². The SMILES string of the molecule is COc1ccc2[nH]c(=O)c(CN(CCc3ccccc3C)C(=O)c3cnccn3)cc2c1. The Hall–Kier alpha value is -4.00. The van der Waals surface area contributed by atoms with E-state index < -0.39 is 0 Å². The van der Waals surface area contributed by atoms with Gasteiger partial charge in [0.05, 0.1) is 19.9 Å². The average Bonchev–Trinajstić information content (AvgIpc) is 2.82. The van der Waals surface area contributed by atoms with Crippen molar-refractivity contribution < 1.29 is 9.53 Å². The Kier molecular flexibility index (Phi) is 6.26. The Morgan fingerprint density at radius 2 is 1.94 bits per heavy atom. The van der Waals surface area contributed by atoms with Crippen molar-refractivity contribution in [3.63, 3.8) is 0 Å². The van der Waals surface area contributed by atoms with Gasteiger partial charge in [-0.1, -0.05) is 24.3 Å². The number of nitrogens with zero attached hydrogens (tertiary/aromatic N) is 3. The number of hydrogen-bond donors (Lipinski definition) is 1. The van der Waals surface area contributed by atoms with E-state index in [0.29, 0.717) is 29.8 Å². The minimum atomic E-state index is -0.267. The van der Waals surface area contributed by atoms with E-state index in [0.717, 1.165) is 16.5 Å². The summed E-state index contributed by atoms with van der Waals surface area (Å²) in [5.74, 6) is 0.430. The molecule has 7 nitrogen and oxygen atoms in total. The van der Waals surface area contributed by atoms with Gasteiger partial charge in [0.15, 0.2) is 0 Å². The summed E-state index contributed by atoms with van der Waals surface area (Å²) in [6.07, 6.45) is 5.12. The summed E-state index contributed by atoms with van der Waals surface area (Å²) in [7, 11) is 1.60. The van der Waals surface area contributed by atoms with Crippen molar-refractivity contribution in [3.05, 3.63) is 99.9 Å². The highest BCUT2D eigenvalue weighted by molar-refractivity contribution is 5.92. The van der Waals surface area contributed by atoms with E-state index in [-0.39, 0.29) is 23.7 Å². The Labute approximate surface area is 185 Å². The van der Waals surface area contributed by atoms with Gasteiger partial charge in [0.2, 0.25) is 0 Å². The third-order valence-corrected chi connectivity index (χ3v) is 5.47. The molecule has 0 spiro atoms. The van der Waals surface area contributed by atoms with Crippen molar-refractivity contribution in [2.75, 3.05) is 13.7 Å². The van der Waals surface area contributed by atoms with Crippen molar-refractivity contribution in [3.8, 4) is 5.75 Å². The highest BCUT2D eigenvalue weighted by Crippen LogP contribution is 2.20. The normalized spacial score (nSPS) is 10.8. The molecular formula is C25H24N4O3. The molecule has 0 saturated heterocycles. The van der Waals surface area contributed by atoms with Gasteiger partial charge in [0.25, 0.3) is 11.5 Å². The number of fused-ring (bicyclic) bond motifs is 1. The van der Waals surface area contributed by atoms with Crippen LogP contribution in [-0.2, 0) is 13.0 Å². The van der Waals surface area contributed by atoms with E-state index in [1.807, 2.05) is 31.2 Å². The number of ether oxygens (including phenoxy) is 1. The van der Waals surface area contributed by atoms with Crippen molar-refractivity contribution in [2.24, 2.45) is 0 Å². The number of aryl methyl sites for hydroxylation is 1. The van der Waals surface area contributed by atoms with Crippen LogP contribution in [0.5, 0.6) is 5.75 Å². The van der Waals surface area contributed by atoms with E-state index in [2.05, 4.69) is 21.0 Å². The van der Waals surface area contributed by atoms with E-state index in [9.17, 15) is 9.59 Å². The fraction of sp³-hybridized carbons (Fsp3) is 0.200. The zero-order valence-corrected chi connectivity index (χ0v) is 18.0. The van der Waals surface area contributed by atoms with Crippen LogP contribution in [-0.4, -0.2) is 39.4 Å². The van der Waals surface area contributed by atoms with Crippen molar-refractivity contribution >= 4 is 16.8 Å². The fourth-order valence-electron chi connectivity index (χ4n) is 3.65. The number of carbonyl (C=O) groups excluding carboxylic acids is 1. The number of nitrogens with one attached hydrogen (secondary N) is 1. The molecule has 32 heavy (non-hydrogen) atoms. The third kappa shape index (κ3) is 4.67. The summed E-state index contributed by atoms with van der Waals surface area (Å²) in [4.78, 5) is 38.7. The van der Waals surface area contributed by atoms with E-state index >= 15 is 0 Å². The molecule has 4 rings (SSSR count). The van der Waals surface area contributed by atoms with Gasteiger partial charge in [0, 0.05) is 35.4 Å². The minimum absolute atomic E-state index is 0.157. The molecule has 1 N–H and O–H groups in total. The number of H-pyrrole nitrogens is 1. The molecule has 162 valence electrons. The van der Waals surface area contributed by atoms with Crippen molar-refractivity contribution in [2.45, 2.75) is 19.9 Å². The number of aromatic amines is 1. The predicted octanol–water partition coefficient (Wildman–Crippen LogP) is 3.52. The second kappa shape index (κ2) is 9.43. The zero-order chi connectivity index (χ0) is 22.5. The minimum Gasteiger partial charge on any atom is -0.497 e. The van der Waals surface area contributed by atoms with Gasteiger partial charge in [-0.2, -0.15) is 0 Å². The van der Waals surface area contributed by atoms with Gasteiger partial charge >= 0.3 is 0 Å². The first-order valence-electron chi connectivity index (χ1n) is 10.3. The largest absolute Gasteiger partial charge is 0.497 e. The molecule has 2 aromatic heterocycles. The van der Waals surface area contributed by atoms with Crippen LogP contribution in [0.15, 0.2) is 71.9 Å². The number of rotatable bonds is 7. The summed E-state index contributed by atoms with van der Waals surface area (Å²) in [5, 5.41) is 0.838. The van der Waals surface area contributed by atoms with Gasteiger partial charge in [-0.25, -0.2) is 4.98 Å². The number of amides is 1. The Morgan fingerprint density at radius 3 is 2.69 bits per heavy atom. The molecule has 2 aromatic carbocycles. The van der Waals surface area contributed by atoms with Crippen LogP contribution in [0.1, 0.15) is 27.2 Å². The smallest absolute Gasteiger partial charge is 0.274 e. The van der Waals surface area contributed by atoms with Crippen molar-refractivity contribution in [1.29, 1.82) is 0 Å². The molecule has 0 bridgehead atoms. The molecule has 0 unspecified atom stereocenters. The Bertz CT molecular complexity index is 1300. The van der Waals surface area contributed by atoms with Crippen LogP contribution in [0.2, 0.25) is 0 Å². The van der Waals surface area contributed by atoms with Crippen LogP contribution in [0.25, 0.3) is 10.9 Å². The highest BCUT2D eigenvalue weighted by Gasteiger charge is 2.19. The Balaban J connectivity index is 1.66. The number of hydrogen-bond acceptors (Lipinski definition) is 5. The maximum atomic E-state index is 13.2. The first-order valence-corrected chi connectivity index (χ1v) is 10.3. The standard InChI is InChI=1S/C25H24N4O3/c1-17-5-3-4-6-18(17)9-12-29(25(31)23-15-26-10-11-27-23)16-20-13-19-14-21(32-2)7-8-22(19)28-24(20)30/h3-8,10-11,13-15H,9,12,16H2,1-2H3,(H,28,30). The second-order valence-electron chi connectivity index (χ2n) is 7.57. The van der Waals surface area contributed by atoms with Crippen LogP contribution in [0.3, 0.4) is 0 Å². The topological polar surface area (TPSA) is 88.2 Å². The maximum absolute atomic E-state index is 13.2. The van der Waals surface area contributed by atoms with Gasteiger partial charge in [-0.05, 0) is 48.7 Å². The number of benzene rings is 2. The number of carbonyl (C=O) groups is 1. The lowest BCUT2D eigenvalue weighted by Crippen LogP contribution is -2.35. The molecule has 7 heteroatoms. The molecule has 2 heterocycles. The molecule has 0 aliphatic heterocycles. The Morgan fingerprint density at radius 1 is 1.09 bits per heavy atom. The zero-order valence-electron chi connectivity index (χ0n) is 18.0. The van der Waals surface area contributed by atoms with Crippen LogP contribution in [0.4, 0.5) is 0 Å². The van der Waals surface area contributed by atoms with Crippen LogP contribution in [0, 0.1) is 6.92 Å². The summed E-state index contributed by atoms with van der Waals surface area (Å²) in [6.45, 7) is 2.64. The predicted molar refractivity (Wildman–Crippen MR) is 123 cm³/mol. The average molecular weight is 428 g/mol. The van der Waals surface area contributed by atoms with E-state index in [1.165, 1.54) is 18.6 Å². The number of methoxy groups -OCH3 is 1. The third-order valence-electron chi connectivity index (χ3n) is 5.47. The maximum Gasteiger partial charge on any atom is 0.274 e. The van der Waals surface area contributed by atoms with Crippen LogP contribution < -0.4 is 10.3 Å². The summed E-state index contributed by atoms with van der Waals surface area (Å²) < 4.78 is 5.30. The molecule has 0 atom stereocenters. The van der Waals surface area contributed by atoms with Gasteiger partial charge in [0.1, 0.15) is 11.4 Å². The van der Waals surface area contributed by atoms with Gasteiger partial charge < -0.3 is 14.6 Å². The number of pyridine rings is 1. The molecule has 0 radical (unpaired) electrons. The molecule has 0 aliphatic rings. The van der Waals surface area contributed by atoms with E-state index in [1.54, 1.807) is 30.2 Å². The highest BCUT2D eigenvalue weighted by atomic mass is 16.5. The first kappa shape index (κ1) is 21.2.